The minimum absolute atomic E-state index is 0.114. The lowest BCUT2D eigenvalue weighted by atomic mass is 9.79. The first-order chi connectivity index (χ1) is 7.16. The first kappa shape index (κ1) is 10.9. The van der Waals surface area contributed by atoms with Crippen molar-refractivity contribution >= 4 is 5.91 Å². The molecule has 2 fully saturated rings. The lowest BCUT2D eigenvalue weighted by Crippen LogP contribution is -2.54. The molecule has 0 bridgehead atoms. The first-order valence-corrected chi connectivity index (χ1v) is 6.18. The molecular weight excluding hydrogens is 188 g/mol. The minimum Gasteiger partial charge on any atom is -0.352 e. The van der Waals surface area contributed by atoms with Crippen molar-refractivity contribution in [3.63, 3.8) is 0 Å². The van der Waals surface area contributed by atoms with Crippen LogP contribution in [0.1, 0.15) is 39.5 Å². The second-order valence-corrected chi connectivity index (χ2v) is 5.16. The van der Waals surface area contributed by atoms with E-state index in [1.165, 1.54) is 25.8 Å². The van der Waals surface area contributed by atoms with Crippen molar-refractivity contribution in [1.29, 1.82) is 0 Å². The first-order valence-electron chi connectivity index (χ1n) is 6.18. The number of carbonyl (C=O) groups excluding carboxylic acids is 1. The molecule has 0 aromatic rings. The van der Waals surface area contributed by atoms with E-state index in [1.54, 1.807) is 6.92 Å². The second-order valence-electron chi connectivity index (χ2n) is 5.16. The van der Waals surface area contributed by atoms with E-state index in [4.69, 9.17) is 0 Å². The molecule has 3 heteroatoms. The highest BCUT2D eigenvalue weighted by Crippen LogP contribution is 2.33. The van der Waals surface area contributed by atoms with Crippen LogP contribution in [0, 0.1) is 5.92 Å². The minimum atomic E-state index is 0.114. The Labute approximate surface area is 92.2 Å². The summed E-state index contributed by atoms with van der Waals surface area (Å²) in [6, 6.07) is 1.19. The molecule has 1 aliphatic carbocycles. The van der Waals surface area contributed by atoms with Crippen molar-refractivity contribution in [3.8, 4) is 0 Å². The number of nitrogens with one attached hydrogen (secondary N) is 1. The molecule has 2 aliphatic rings. The molecule has 1 saturated heterocycles. The van der Waals surface area contributed by atoms with Gasteiger partial charge in [-0.25, -0.2) is 0 Å². The Morgan fingerprint density at radius 1 is 1.33 bits per heavy atom. The van der Waals surface area contributed by atoms with E-state index >= 15 is 0 Å². The predicted octanol–water partition coefficient (Wildman–Crippen LogP) is 1.39. The van der Waals surface area contributed by atoms with E-state index in [0.717, 1.165) is 24.9 Å². The smallest absolute Gasteiger partial charge is 0.217 e. The van der Waals surface area contributed by atoms with Crippen molar-refractivity contribution in [2.45, 2.75) is 51.6 Å². The molecule has 15 heavy (non-hydrogen) atoms. The van der Waals surface area contributed by atoms with Crippen LogP contribution in [0.3, 0.4) is 0 Å². The van der Waals surface area contributed by atoms with Crippen molar-refractivity contribution in [2.24, 2.45) is 5.92 Å². The summed E-state index contributed by atoms with van der Waals surface area (Å²) in [4.78, 5) is 13.6. The quantitative estimate of drug-likeness (QED) is 0.747. The molecule has 86 valence electrons. The van der Waals surface area contributed by atoms with Gasteiger partial charge in [0.05, 0.1) is 0 Å². The highest BCUT2D eigenvalue weighted by molar-refractivity contribution is 5.73. The van der Waals surface area contributed by atoms with E-state index in [9.17, 15) is 4.79 Å². The number of likely N-dealkylation sites (tertiary alicyclic amines) is 1. The Kier molecular flexibility index (Phi) is 3.29. The lowest BCUT2D eigenvalue weighted by molar-refractivity contribution is -0.120. The molecule has 0 aromatic heterocycles. The summed E-state index contributed by atoms with van der Waals surface area (Å²) in [6.45, 7) is 6.25. The number of rotatable bonds is 2. The van der Waals surface area contributed by atoms with Crippen molar-refractivity contribution in [3.05, 3.63) is 0 Å². The summed E-state index contributed by atoms with van der Waals surface area (Å²) in [7, 11) is 0. The third kappa shape index (κ3) is 2.51. The van der Waals surface area contributed by atoms with Crippen LogP contribution < -0.4 is 5.32 Å². The van der Waals surface area contributed by atoms with Gasteiger partial charge in [-0.3, -0.25) is 9.69 Å². The lowest BCUT2D eigenvalue weighted by Gasteiger charge is -2.46. The largest absolute Gasteiger partial charge is 0.352 e. The Hall–Kier alpha value is -0.570. The van der Waals surface area contributed by atoms with Crippen LogP contribution in [-0.4, -0.2) is 36.0 Å². The zero-order chi connectivity index (χ0) is 10.8. The molecule has 0 spiro atoms. The molecule has 1 aliphatic heterocycles. The second kappa shape index (κ2) is 4.52. The summed E-state index contributed by atoms with van der Waals surface area (Å²) in [5.41, 5.74) is 0. The van der Waals surface area contributed by atoms with Crippen LogP contribution in [0.15, 0.2) is 0 Å². The molecule has 3 nitrogen and oxygen atoms in total. The Morgan fingerprint density at radius 3 is 2.67 bits per heavy atom. The fourth-order valence-electron chi connectivity index (χ4n) is 2.90. The van der Waals surface area contributed by atoms with Gasteiger partial charge in [0, 0.05) is 25.6 Å². The fourth-order valence-corrected chi connectivity index (χ4v) is 2.90. The van der Waals surface area contributed by atoms with Gasteiger partial charge in [0.2, 0.25) is 5.91 Å². The molecule has 1 amide bonds. The number of hydrogen-bond donors (Lipinski definition) is 1. The average molecular weight is 210 g/mol. The average Bonchev–Trinajstić information content (AvgIpc) is 2.15. The van der Waals surface area contributed by atoms with Gasteiger partial charge in [-0.2, -0.15) is 0 Å². The fraction of sp³-hybridized carbons (Fsp3) is 0.917. The molecule has 3 unspecified atom stereocenters. The van der Waals surface area contributed by atoms with E-state index in [2.05, 4.69) is 17.1 Å². The summed E-state index contributed by atoms with van der Waals surface area (Å²) in [6.07, 6.45) is 5.12. The van der Waals surface area contributed by atoms with Gasteiger partial charge in [0.15, 0.2) is 0 Å². The monoisotopic (exact) mass is 210 g/mol. The zero-order valence-electron chi connectivity index (χ0n) is 9.83. The molecular formula is C12H22N2O. The van der Waals surface area contributed by atoms with Crippen LogP contribution in [0.5, 0.6) is 0 Å². The normalized spacial score (nSPS) is 37.1. The number of piperidine rings is 1. The van der Waals surface area contributed by atoms with Crippen molar-refractivity contribution in [1.82, 2.24) is 10.2 Å². The summed E-state index contributed by atoms with van der Waals surface area (Å²) >= 11 is 0. The summed E-state index contributed by atoms with van der Waals surface area (Å²) in [5, 5.41) is 3.05. The maximum absolute atomic E-state index is 11.0. The van der Waals surface area contributed by atoms with E-state index in [-0.39, 0.29) is 5.91 Å². The van der Waals surface area contributed by atoms with Crippen molar-refractivity contribution in [2.75, 3.05) is 13.1 Å². The van der Waals surface area contributed by atoms with Gasteiger partial charge < -0.3 is 5.32 Å². The number of carbonyl (C=O) groups is 1. The van der Waals surface area contributed by atoms with Gasteiger partial charge in [0.25, 0.3) is 0 Å². The molecule has 1 heterocycles. The van der Waals surface area contributed by atoms with Crippen LogP contribution >= 0.6 is 0 Å². The van der Waals surface area contributed by atoms with Crippen LogP contribution in [0.2, 0.25) is 0 Å². The number of nitrogens with zero attached hydrogens (tertiary/aromatic N) is 1. The van der Waals surface area contributed by atoms with E-state index < -0.39 is 0 Å². The highest BCUT2D eigenvalue weighted by Gasteiger charge is 2.34. The third-order valence-corrected chi connectivity index (χ3v) is 3.90. The van der Waals surface area contributed by atoms with Gasteiger partial charge in [-0.15, -0.1) is 0 Å². The van der Waals surface area contributed by atoms with Crippen LogP contribution in [-0.2, 0) is 4.79 Å². The van der Waals surface area contributed by atoms with Gasteiger partial charge in [-0.05, 0) is 38.1 Å². The molecule has 2 rings (SSSR count). The SMILES string of the molecule is CC(=O)NC1CCCN(C2CCC2C)C1. The Bertz CT molecular complexity index is 242. The summed E-state index contributed by atoms with van der Waals surface area (Å²) in [5.74, 6) is 0.976. The Morgan fingerprint density at radius 2 is 2.13 bits per heavy atom. The van der Waals surface area contributed by atoms with Gasteiger partial charge >= 0.3 is 0 Å². The molecule has 1 saturated carbocycles. The standard InChI is InChI=1S/C12H22N2O/c1-9-5-6-12(9)14-7-3-4-11(8-14)13-10(2)15/h9,11-12H,3-8H2,1-2H3,(H,13,15). The highest BCUT2D eigenvalue weighted by atomic mass is 16.1. The third-order valence-electron chi connectivity index (χ3n) is 3.90. The molecule has 0 radical (unpaired) electrons. The maximum Gasteiger partial charge on any atom is 0.217 e. The van der Waals surface area contributed by atoms with Gasteiger partial charge in [-0.1, -0.05) is 6.92 Å². The van der Waals surface area contributed by atoms with Crippen LogP contribution in [0.25, 0.3) is 0 Å². The topological polar surface area (TPSA) is 32.3 Å². The number of amides is 1. The molecule has 1 N–H and O–H groups in total. The van der Waals surface area contributed by atoms with E-state index in [1.807, 2.05) is 0 Å². The molecule has 0 aromatic carbocycles. The number of hydrogen-bond acceptors (Lipinski definition) is 2. The van der Waals surface area contributed by atoms with E-state index in [0.29, 0.717) is 6.04 Å². The summed E-state index contributed by atoms with van der Waals surface area (Å²) < 4.78 is 0. The maximum atomic E-state index is 11.0. The molecule has 3 atom stereocenters. The zero-order valence-corrected chi connectivity index (χ0v) is 9.83. The Balaban J connectivity index is 1.84. The van der Waals surface area contributed by atoms with Gasteiger partial charge in [0.1, 0.15) is 0 Å². The predicted molar refractivity (Wildman–Crippen MR) is 60.6 cm³/mol. The van der Waals surface area contributed by atoms with Crippen molar-refractivity contribution < 1.29 is 4.79 Å². The van der Waals surface area contributed by atoms with Crippen LogP contribution in [0.4, 0.5) is 0 Å².